The summed E-state index contributed by atoms with van der Waals surface area (Å²) in [5.41, 5.74) is 10.8. The van der Waals surface area contributed by atoms with Crippen molar-refractivity contribution in [3.63, 3.8) is 0 Å². The molecule has 37 heavy (non-hydrogen) atoms. The molecule has 4 aromatic rings. The third-order valence-electron chi connectivity index (χ3n) is 6.51. The van der Waals surface area contributed by atoms with E-state index in [1.54, 1.807) is 12.1 Å². The summed E-state index contributed by atoms with van der Waals surface area (Å²) in [6.07, 6.45) is 0. The lowest BCUT2D eigenvalue weighted by Gasteiger charge is -2.28. The third-order valence-corrected chi connectivity index (χ3v) is 6.51. The second-order valence-electron chi connectivity index (χ2n) is 8.93. The maximum absolute atomic E-state index is 7.49. The Morgan fingerprint density at radius 3 is 2.41 bits per heavy atom. The summed E-state index contributed by atoms with van der Waals surface area (Å²) in [5, 5.41) is 0. The average molecular weight is 492 g/mol. The number of morpholine rings is 1. The first kappa shape index (κ1) is 24.4. The van der Waals surface area contributed by atoms with E-state index in [1.807, 2.05) is 37.3 Å². The number of aromatic nitrogens is 2. The molecule has 1 saturated heterocycles. The molecule has 0 bridgehead atoms. The lowest BCUT2D eigenvalue weighted by Crippen LogP contribution is -2.36. The highest BCUT2D eigenvalue weighted by Gasteiger charge is 2.17. The number of rotatable bonds is 7. The highest BCUT2D eigenvalue weighted by Crippen LogP contribution is 2.37. The number of ether oxygens (including phenoxy) is 2. The summed E-state index contributed by atoms with van der Waals surface area (Å²) in [5.74, 6) is 2.58. The number of nitrogens with two attached hydrogens (primary N) is 1. The highest BCUT2D eigenvalue weighted by molar-refractivity contribution is 5.74. The first-order valence-electron chi connectivity index (χ1n) is 12.4. The number of hydrogen-bond donors (Lipinski definition) is 1. The van der Waals surface area contributed by atoms with Crippen molar-refractivity contribution < 1.29 is 9.47 Å². The monoisotopic (exact) mass is 491 g/mol. The Morgan fingerprint density at radius 1 is 0.973 bits per heavy atom. The van der Waals surface area contributed by atoms with Gasteiger partial charge in [0, 0.05) is 37.2 Å². The Bertz CT molecular complexity index is 1390. The number of hydrogen-bond acceptors (Lipinski definition) is 6. The normalized spacial score (nSPS) is 14.1. The van der Waals surface area contributed by atoms with Gasteiger partial charge in [-0.15, -0.1) is 0 Å². The molecule has 0 radical (unpaired) electrons. The van der Waals surface area contributed by atoms with Gasteiger partial charge < -0.3 is 20.1 Å². The van der Waals surface area contributed by atoms with E-state index in [9.17, 15) is 0 Å². The summed E-state index contributed by atoms with van der Waals surface area (Å²) in [6, 6.07) is 26.0. The van der Waals surface area contributed by atoms with Crippen LogP contribution in [0.2, 0.25) is 0 Å². The zero-order valence-corrected chi connectivity index (χ0v) is 20.8. The van der Waals surface area contributed by atoms with Gasteiger partial charge in [-0.2, -0.15) is 4.98 Å². The van der Waals surface area contributed by atoms with Crippen LogP contribution in [-0.2, 0) is 4.74 Å². The second kappa shape index (κ2) is 11.2. The minimum atomic E-state index is 0.123. The van der Waals surface area contributed by atoms with E-state index in [0.717, 1.165) is 35.6 Å². The van der Waals surface area contributed by atoms with Crippen molar-refractivity contribution in [2.45, 2.75) is 12.8 Å². The molecule has 5 rings (SSSR count). The van der Waals surface area contributed by atoms with Gasteiger partial charge in [0.1, 0.15) is 17.4 Å². The van der Waals surface area contributed by atoms with Crippen LogP contribution in [0.5, 0.6) is 11.6 Å². The first-order valence-corrected chi connectivity index (χ1v) is 12.4. The third kappa shape index (κ3) is 5.61. The molecule has 7 heteroatoms. The summed E-state index contributed by atoms with van der Waals surface area (Å²) in [6.45, 7) is 12.7. The molecule has 0 aliphatic carbocycles. The minimum absolute atomic E-state index is 0.123. The molecule has 1 aliphatic rings. The van der Waals surface area contributed by atoms with E-state index >= 15 is 0 Å². The molecule has 1 fully saturated rings. The fourth-order valence-electron chi connectivity index (χ4n) is 4.59. The SMILES string of the molecule is [C-]#[N+]c1ccc(-c2ccc(C(CN)c3ccccc3)cc2)c(Oc2cc(N3CCOCC3)nc(C)n2)c1. The Morgan fingerprint density at radius 2 is 1.70 bits per heavy atom. The van der Waals surface area contributed by atoms with E-state index in [2.05, 4.69) is 56.1 Å². The van der Waals surface area contributed by atoms with Gasteiger partial charge in [-0.3, -0.25) is 0 Å². The summed E-state index contributed by atoms with van der Waals surface area (Å²) in [7, 11) is 0. The zero-order valence-electron chi connectivity index (χ0n) is 20.8. The van der Waals surface area contributed by atoms with E-state index in [1.165, 1.54) is 5.56 Å². The van der Waals surface area contributed by atoms with Gasteiger partial charge >= 0.3 is 0 Å². The van der Waals surface area contributed by atoms with Crippen LogP contribution in [0.1, 0.15) is 22.9 Å². The first-order chi connectivity index (χ1) is 18.1. The van der Waals surface area contributed by atoms with Crippen molar-refractivity contribution in [3.8, 4) is 22.8 Å². The standard InChI is InChI=1S/C30H29N5O2/c1-21-33-29(35-14-16-36-17-15-35)19-30(34-21)37-28-18-25(32-2)12-13-26(28)23-8-10-24(11-9-23)27(20-31)22-6-4-3-5-7-22/h3-13,18-19,27H,14-17,20,31H2,1H3. The zero-order chi connectivity index (χ0) is 25.6. The van der Waals surface area contributed by atoms with Crippen molar-refractivity contribution in [1.82, 2.24) is 9.97 Å². The van der Waals surface area contributed by atoms with Crippen LogP contribution in [-0.4, -0.2) is 42.8 Å². The van der Waals surface area contributed by atoms with Crippen LogP contribution < -0.4 is 15.4 Å². The number of aryl methyl sites for hydroxylation is 1. The second-order valence-corrected chi connectivity index (χ2v) is 8.93. The van der Waals surface area contributed by atoms with Gasteiger partial charge in [0.15, 0.2) is 5.69 Å². The van der Waals surface area contributed by atoms with Gasteiger partial charge in [0.25, 0.3) is 0 Å². The van der Waals surface area contributed by atoms with Gasteiger partial charge in [-0.05, 0) is 29.7 Å². The minimum Gasteiger partial charge on any atom is -0.440 e. The van der Waals surface area contributed by atoms with Crippen LogP contribution in [0.25, 0.3) is 16.0 Å². The van der Waals surface area contributed by atoms with Crippen LogP contribution in [0.4, 0.5) is 11.5 Å². The molecule has 1 aliphatic heterocycles. The fourth-order valence-corrected chi connectivity index (χ4v) is 4.59. The largest absolute Gasteiger partial charge is 0.440 e. The Balaban J connectivity index is 1.46. The lowest BCUT2D eigenvalue weighted by atomic mass is 9.90. The molecule has 1 aromatic heterocycles. The molecule has 0 amide bonds. The predicted octanol–water partition coefficient (Wildman–Crippen LogP) is 5.72. The van der Waals surface area contributed by atoms with Crippen LogP contribution in [0, 0.1) is 13.5 Å². The van der Waals surface area contributed by atoms with E-state index < -0.39 is 0 Å². The van der Waals surface area contributed by atoms with Crippen molar-refractivity contribution in [2.75, 3.05) is 37.7 Å². The number of anilines is 1. The quantitative estimate of drug-likeness (QED) is 0.333. The molecule has 3 aromatic carbocycles. The van der Waals surface area contributed by atoms with Gasteiger partial charge in [0.05, 0.1) is 19.8 Å². The van der Waals surface area contributed by atoms with Crippen molar-refractivity contribution in [3.05, 3.63) is 107 Å². The Labute approximate surface area is 217 Å². The molecule has 1 unspecified atom stereocenters. The van der Waals surface area contributed by atoms with Gasteiger partial charge in [-0.1, -0.05) is 66.7 Å². The average Bonchev–Trinajstić information content (AvgIpc) is 2.95. The molecule has 2 N–H and O–H groups in total. The summed E-state index contributed by atoms with van der Waals surface area (Å²) >= 11 is 0. The topological polar surface area (TPSA) is 77.9 Å². The summed E-state index contributed by atoms with van der Waals surface area (Å²) < 4.78 is 11.8. The van der Waals surface area contributed by atoms with Gasteiger partial charge in [0.2, 0.25) is 5.88 Å². The van der Waals surface area contributed by atoms with Gasteiger partial charge in [-0.25, -0.2) is 9.83 Å². The van der Waals surface area contributed by atoms with E-state index in [-0.39, 0.29) is 5.92 Å². The molecule has 7 nitrogen and oxygen atoms in total. The molecule has 0 spiro atoms. The molecular formula is C30H29N5O2. The van der Waals surface area contributed by atoms with E-state index in [4.69, 9.17) is 21.8 Å². The van der Waals surface area contributed by atoms with Crippen LogP contribution >= 0.6 is 0 Å². The van der Waals surface area contributed by atoms with Crippen LogP contribution in [0.15, 0.2) is 78.9 Å². The fraction of sp³-hybridized carbons (Fsp3) is 0.233. The predicted molar refractivity (Wildman–Crippen MR) is 145 cm³/mol. The van der Waals surface area contributed by atoms with E-state index in [0.29, 0.717) is 42.9 Å². The molecule has 2 heterocycles. The van der Waals surface area contributed by atoms with Crippen molar-refractivity contribution in [2.24, 2.45) is 5.73 Å². The highest BCUT2D eigenvalue weighted by atomic mass is 16.5. The Kier molecular flexibility index (Phi) is 7.41. The number of nitrogens with zero attached hydrogens (tertiary/aromatic N) is 4. The van der Waals surface area contributed by atoms with Crippen LogP contribution in [0.3, 0.4) is 0 Å². The molecule has 186 valence electrons. The smallest absolute Gasteiger partial charge is 0.224 e. The van der Waals surface area contributed by atoms with Crippen molar-refractivity contribution in [1.29, 1.82) is 0 Å². The Hall–Kier alpha value is -4.25. The molecule has 0 saturated carbocycles. The lowest BCUT2D eigenvalue weighted by molar-refractivity contribution is 0.122. The molecule has 1 atom stereocenters. The maximum atomic E-state index is 7.49. The maximum Gasteiger partial charge on any atom is 0.224 e. The van der Waals surface area contributed by atoms with Crippen molar-refractivity contribution >= 4 is 11.5 Å². The summed E-state index contributed by atoms with van der Waals surface area (Å²) in [4.78, 5) is 14.9. The number of benzene rings is 3. The molecular weight excluding hydrogens is 462 g/mol.